The third kappa shape index (κ3) is 2.07. The summed E-state index contributed by atoms with van der Waals surface area (Å²) in [4.78, 5) is 12.6. The minimum Gasteiger partial charge on any atom is -0.507 e. The van der Waals surface area contributed by atoms with Crippen LogP contribution in [0.5, 0.6) is 5.75 Å². The molecule has 0 aliphatic heterocycles. The monoisotopic (exact) mass is 308 g/mol. The first kappa shape index (κ1) is 15.3. The maximum absolute atomic E-state index is 12.6. The van der Waals surface area contributed by atoms with Crippen molar-refractivity contribution >= 4 is 28.2 Å². The molecule has 2 aromatic rings. The minimum atomic E-state index is -0.369. The quantitative estimate of drug-likeness (QED) is 0.773. The van der Waals surface area contributed by atoms with Crippen LogP contribution in [0.15, 0.2) is 23.5 Å². The van der Waals surface area contributed by atoms with Gasteiger partial charge in [0.2, 0.25) is 5.78 Å². The molecule has 3 rings (SSSR count). The molecule has 0 amide bonds. The first-order valence-electron chi connectivity index (χ1n) is 7.63. The summed E-state index contributed by atoms with van der Waals surface area (Å²) >= 11 is 0. The van der Waals surface area contributed by atoms with E-state index in [9.17, 15) is 15.0 Å². The predicted octanol–water partition coefficient (Wildman–Crippen LogP) is 5.07. The number of rotatable bonds is 1. The number of allylic oxidation sites excluding steroid dienone is 3. The molecule has 0 saturated heterocycles. The van der Waals surface area contributed by atoms with E-state index in [1.54, 1.807) is 19.9 Å². The number of Topliss-reactive ketones (excluding diaryl/α,β-unsaturated/α-hetero) is 1. The molecule has 3 nitrogen and oxygen atoms in total. The molecule has 0 atom stereocenters. The van der Waals surface area contributed by atoms with Crippen LogP contribution >= 0.6 is 0 Å². The second kappa shape index (κ2) is 4.98. The van der Waals surface area contributed by atoms with Crippen molar-refractivity contribution in [3.05, 3.63) is 51.3 Å². The number of phenolic OH excluding ortho intramolecular Hbond substituents is 1. The van der Waals surface area contributed by atoms with Crippen LogP contribution < -0.4 is 0 Å². The lowest BCUT2D eigenvalue weighted by atomic mass is 9.80. The molecule has 118 valence electrons. The third-order valence-electron chi connectivity index (χ3n) is 4.43. The minimum absolute atomic E-state index is 0.172. The van der Waals surface area contributed by atoms with Crippen LogP contribution in [0.2, 0.25) is 0 Å². The van der Waals surface area contributed by atoms with Crippen LogP contribution in [-0.4, -0.2) is 16.0 Å². The molecule has 0 fully saturated rings. The fraction of sp³-hybridized carbons (Fsp3) is 0.250. The van der Waals surface area contributed by atoms with Crippen LogP contribution in [0, 0.1) is 13.8 Å². The fourth-order valence-electron chi connectivity index (χ4n) is 3.50. The zero-order chi connectivity index (χ0) is 17.0. The molecule has 23 heavy (non-hydrogen) atoms. The number of hydrogen-bond donors (Lipinski definition) is 2. The third-order valence-corrected chi connectivity index (χ3v) is 4.43. The van der Waals surface area contributed by atoms with Crippen molar-refractivity contribution in [1.29, 1.82) is 0 Å². The summed E-state index contributed by atoms with van der Waals surface area (Å²) in [6, 6.07) is 3.59. The first-order valence-corrected chi connectivity index (χ1v) is 7.63. The van der Waals surface area contributed by atoms with Gasteiger partial charge in [-0.05, 0) is 62.9 Å². The van der Waals surface area contributed by atoms with E-state index in [4.69, 9.17) is 0 Å². The number of aliphatic hydroxyl groups is 1. The van der Waals surface area contributed by atoms with E-state index in [1.807, 2.05) is 32.9 Å². The number of ketones is 1. The van der Waals surface area contributed by atoms with Crippen molar-refractivity contribution in [2.45, 2.75) is 34.6 Å². The number of aliphatic hydroxyl groups excluding tert-OH is 1. The second-order valence-corrected chi connectivity index (χ2v) is 6.52. The number of benzene rings is 2. The Bertz CT molecular complexity index is 939. The Labute approximate surface area is 135 Å². The van der Waals surface area contributed by atoms with E-state index >= 15 is 0 Å². The molecule has 2 aromatic carbocycles. The maximum Gasteiger partial charge on any atom is 0.228 e. The molecule has 0 spiro atoms. The number of hydrogen-bond acceptors (Lipinski definition) is 3. The Kier molecular flexibility index (Phi) is 3.33. The van der Waals surface area contributed by atoms with Gasteiger partial charge in [0.25, 0.3) is 0 Å². The Morgan fingerprint density at radius 3 is 2.22 bits per heavy atom. The normalized spacial score (nSPS) is 13.7. The molecule has 0 bridgehead atoms. The average Bonchev–Trinajstić information content (AvgIpc) is 2.43. The highest BCUT2D eigenvalue weighted by Gasteiger charge is 2.30. The van der Waals surface area contributed by atoms with Crippen molar-refractivity contribution in [3.63, 3.8) is 0 Å². The maximum atomic E-state index is 12.6. The number of aromatic hydroxyl groups is 1. The summed E-state index contributed by atoms with van der Waals surface area (Å²) in [6.45, 7) is 9.48. The van der Waals surface area contributed by atoms with Gasteiger partial charge in [0.15, 0.2) is 5.76 Å². The summed E-state index contributed by atoms with van der Waals surface area (Å²) in [5.41, 5.74) is 5.55. The Balaban J connectivity index is 2.66. The molecular weight excluding hydrogens is 288 g/mol. The van der Waals surface area contributed by atoms with E-state index in [2.05, 4.69) is 0 Å². The van der Waals surface area contributed by atoms with Gasteiger partial charge in [-0.15, -0.1) is 0 Å². The molecule has 3 heteroatoms. The summed E-state index contributed by atoms with van der Waals surface area (Å²) in [6.07, 6.45) is 2.04. The van der Waals surface area contributed by atoms with Gasteiger partial charge < -0.3 is 10.2 Å². The number of phenols is 1. The molecule has 0 saturated carbocycles. The van der Waals surface area contributed by atoms with Gasteiger partial charge in [0.1, 0.15) is 5.75 Å². The van der Waals surface area contributed by atoms with Crippen molar-refractivity contribution < 1.29 is 15.0 Å². The smallest absolute Gasteiger partial charge is 0.228 e. The molecule has 1 aliphatic carbocycles. The standard InChI is InChI=1S/C20H20O3/c1-9(2)6-13-7-10(3)15-14(21)8-11(4)16-18(15)17(13)12(5)19(22)20(16)23/h6-8,21-22H,1-5H3. The molecule has 0 unspecified atom stereocenters. The van der Waals surface area contributed by atoms with Gasteiger partial charge in [-0.1, -0.05) is 17.7 Å². The van der Waals surface area contributed by atoms with Crippen molar-refractivity contribution in [2.24, 2.45) is 0 Å². The van der Waals surface area contributed by atoms with Crippen molar-refractivity contribution in [3.8, 4) is 5.75 Å². The van der Waals surface area contributed by atoms with Crippen LogP contribution in [0.4, 0.5) is 0 Å². The Morgan fingerprint density at radius 1 is 0.957 bits per heavy atom. The summed E-state index contributed by atoms with van der Waals surface area (Å²) < 4.78 is 0. The molecule has 2 N–H and O–H groups in total. The lowest BCUT2D eigenvalue weighted by molar-refractivity contribution is 0.0979. The van der Waals surface area contributed by atoms with Crippen molar-refractivity contribution in [2.75, 3.05) is 0 Å². The molecule has 0 aromatic heterocycles. The zero-order valence-electron chi connectivity index (χ0n) is 14.0. The predicted molar refractivity (Wildman–Crippen MR) is 94.0 cm³/mol. The number of aryl methyl sites for hydroxylation is 2. The average molecular weight is 308 g/mol. The van der Waals surface area contributed by atoms with Gasteiger partial charge in [0.05, 0.1) is 0 Å². The van der Waals surface area contributed by atoms with Gasteiger partial charge in [-0.25, -0.2) is 0 Å². The van der Waals surface area contributed by atoms with Crippen LogP contribution in [0.1, 0.15) is 53.4 Å². The lowest BCUT2D eigenvalue weighted by Gasteiger charge is -2.23. The van der Waals surface area contributed by atoms with Gasteiger partial charge in [-0.3, -0.25) is 4.79 Å². The van der Waals surface area contributed by atoms with E-state index in [0.717, 1.165) is 27.6 Å². The second-order valence-electron chi connectivity index (χ2n) is 6.52. The largest absolute Gasteiger partial charge is 0.507 e. The summed E-state index contributed by atoms with van der Waals surface area (Å²) in [5.74, 6) is -0.406. The zero-order valence-corrected chi connectivity index (χ0v) is 14.0. The van der Waals surface area contributed by atoms with Crippen LogP contribution in [0.25, 0.3) is 22.4 Å². The van der Waals surface area contributed by atoms with Crippen LogP contribution in [-0.2, 0) is 0 Å². The molecule has 1 aliphatic rings. The van der Waals surface area contributed by atoms with Gasteiger partial charge in [0, 0.05) is 21.9 Å². The van der Waals surface area contributed by atoms with E-state index in [0.29, 0.717) is 22.1 Å². The molecule has 0 heterocycles. The molecular formula is C20H20O3. The van der Waals surface area contributed by atoms with Gasteiger partial charge in [-0.2, -0.15) is 0 Å². The fourth-order valence-corrected chi connectivity index (χ4v) is 3.50. The Morgan fingerprint density at radius 2 is 1.61 bits per heavy atom. The van der Waals surface area contributed by atoms with E-state index in [1.165, 1.54) is 0 Å². The summed E-state index contributed by atoms with van der Waals surface area (Å²) in [7, 11) is 0. The van der Waals surface area contributed by atoms with Crippen LogP contribution in [0.3, 0.4) is 0 Å². The summed E-state index contributed by atoms with van der Waals surface area (Å²) in [5, 5.41) is 22.2. The van der Waals surface area contributed by atoms with Gasteiger partial charge >= 0.3 is 0 Å². The first-order chi connectivity index (χ1) is 10.7. The topological polar surface area (TPSA) is 57.5 Å². The Hall–Kier alpha value is -2.55. The van der Waals surface area contributed by atoms with Crippen molar-refractivity contribution in [1.82, 2.24) is 0 Å². The molecule has 0 radical (unpaired) electrons. The SMILES string of the molecule is CC(C)=Cc1cc(C)c2c(O)cc(C)c3c2c1C(C)=C(O)C3=O. The lowest BCUT2D eigenvalue weighted by Crippen LogP contribution is -2.14. The number of carbonyl (C=O) groups is 1. The number of carbonyl (C=O) groups excluding carboxylic acids is 1. The highest BCUT2D eigenvalue weighted by atomic mass is 16.3. The highest BCUT2D eigenvalue weighted by Crippen LogP contribution is 2.44. The van der Waals surface area contributed by atoms with E-state index in [-0.39, 0.29) is 17.3 Å². The van der Waals surface area contributed by atoms with E-state index < -0.39 is 0 Å². The highest BCUT2D eigenvalue weighted by molar-refractivity contribution is 6.26.